The fraction of sp³-hybridized carbons (Fsp3) is 0.750. The van der Waals surface area contributed by atoms with Crippen LogP contribution in [-0.4, -0.2) is 33.4 Å². The molecule has 3 aliphatic rings. The van der Waals surface area contributed by atoms with Crippen molar-refractivity contribution in [3.05, 3.63) is 11.7 Å². The molecule has 1 aromatic rings. The fourth-order valence-electron chi connectivity index (χ4n) is 4.00. The summed E-state index contributed by atoms with van der Waals surface area (Å²) in [6, 6.07) is 0. The summed E-state index contributed by atoms with van der Waals surface area (Å²) in [5.74, 6) is 0.759. The molecular formula is C16H23ClN4O3. The van der Waals surface area contributed by atoms with Gasteiger partial charge >= 0.3 is 0 Å². The van der Waals surface area contributed by atoms with Crippen molar-refractivity contribution in [3.8, 4) is 0 Å². The first kappa shape index (κ1) is 17.4. The zero-order chi connectivity index (χ0) is 16.0. The molecule has 3 fully saturated rings. The van der Waals surface area contributed by atoms with E-state index in [0.717, 1.165) is 44.9 Å². The molecule has 0 spiro atoms. The zero-order valence-electron chi connectivity index (χ0n) is 13.6. The molecule has 4 rings (SSSR count). The van der Waals surface area contributed by atoms with Crippen LogP contribution in [0.1, 0.15) is 56.7 Å². The first-order chi connectivity index (χ1) is 11.1. The van der Waals surface area contributed by atoms with Crippen molar-refractivity contribution in [3.63, 3.8) is 0 Å². The van der Waals surface area contributed by atoms with Gasteiger partial charge in [0.05, 0.1) is 17.4 Å². The molecule has 0 aromatic carbocycles. The average Bonchev–Trinajstić information content (AvgIpc) is 3.09. The Labute approximate surface area is 146 Å². The van der Waals surface area contributed by atoms with Gasteiger partial charge in [0.15, 0.2) is 5.82 Å². The van der Waals surface area contributed by atoms with Gasteiger partial charge < -0.3 is 10.3 Å². The standard InChI is InChI=1S/C16H22N4O3.ClH/c17-16(7-3-8-16)15-18-12(23-19-15)6-9-20-13(21)10-4-1-2-5-11(10)14(20)22;/h10-11H,1-9,17H2;1H. The van der Waals surface area contributed by atoms with Crippen LogP contribution in [0.25, 0.3) is 0 Å². The van der Waals surface area contributed by atoms with Crippen LogP contribution in [-0.2, 0) is 21.5 Å². The topological polar surface area (TPSA) is 102 Å². The molecule has 2 amide bonds. The monoisotopic (exact) mass is 354 g/mol. The maximum absolute atomic E-state index is 12.4. The summed E-state index contributed by atoms with van der Waals surface area (Å²) in [4.78, 5) is 30.6. The van der Waals surface area contributed by atoms with Crippen LogP contribution in [0.15, 0.2) is 4.52 Å². The van der Waals surface area contributed by atoms with Crippen molar-refractivity contribution in [2.45, 2.75) is 56.9 Å². The Morgan fingerprint density at radius 3 is 2.29 bits per heavy atom. The van der Waals surface area contributed by atoms with Crippen molar-refractivity contribution in [1.82, 2.24) is 15.0 Å². The predicted molar refractivity (Wildman–Crippen MR) is 87.1 cm³/mol. The maximum atomic E-state index is 12.4. The molecule has 132 valence electrons. The number of hydrogen-bond donors (Lipinski definition) is 1. The van der Waals surface area contributed by atoms with Gasteiger partial charge in [-0.2, -0.15) is 4.98 Å². The van der Waals surface area contributed by atoms with E-state index in [9.17, 15) is 9.59 Å². The lowest BCUT2D eigenvalue weighted by atomic mass is 9.77. The number of fused-ring (bicyclic) bond motifs is 1. The molecule has 0 radical (unpaired) electrons. The van der Waals surface area contributed by atoms with E-state index in [1.807, 2.05) is 0 Å². The van der Waals surface area contributed by atoms with Crippen LogP contribution in [0.5, 0.6) is 0 Å². The molecule has 0 bridgehead atoms. The van der Waals surface area contributed by atoms with Gasteiger partial charge in [-0.05, 0) is 32.1 Å². The number of hydrogen-bond acceptors (Lipinski definition) is 6. The fourth-order valence-corrected chi connectivity index (χ4v) is 4.00. The first-order valence-corrected chi connectivity index (χ1v) is 8.56. The second-order valence-corrected chi connectivity index (χ2v) is 7.10. The first-order valence-electron chi connectivity index (χ1n) is 8.56. The SMILES string of the molecule is Cl.NC1(c2noc(CCN3C(=O)C4CCCCC4C3=O)n2)CCC1. The van der Waals surface area contributed by atoms with E-state index in [2.05, 4.69) is 10.1 Å². The highest BCUT2D eigenvalue weighted by Crippen LogP contribution is 2.38. The maximum Gasteiger partial charge on any atom is 0.233 e. The minimum absolute atomic E-state index is 0. The number of carbonyl (C=O) groups is 2. The van der Waals surface area contributed by atoms with E-state index in [0.29, 0.717) is 24.7 Å². The molecule has 1 aromatic heterocycles. The van der Waals surface area contributed by atoms with E-state index < -0.39 is 5.54 Å². The zero-order valence-corrected chi connectivity index (χ0v) is 14.4. The second-order valence-electron chi connectivity index (χ2n) is 7.10. The number of nitrogens with zero attached hydrogens (tertiary/aromatic N) is 3. The molecular weight excluding hydrogens is 332 g/mol. The summed E-state index contributed by atoms with van der Waals surface area (Å²) in [6.07, 6.45) is 6.99. The number of imide groups is 1. The lowest BCUT2D eigenvalue weighted by molar-refractivity contribution is -0.139. The minimum Gasteiger partial charge on any atom is -0.339 e. The van der Waals surface area contributed by atoms with E-state index in [1.165, 1.54) is 4.90 Å². The van der Waals surface area contributed by atoms with E-state index in [-0.39, 0.29) is 36.1 Å². The molecule has 1 saturated heterocycles. The number of likely N-dealkylation sites (tertiary alicyclic amines) is 1. The van der Waals surface area contributed by atoms with Gasteiger partial charge in [-0.25, -0.2) is 0 Å². The summed E-state index contributed by atoms with van der Waals surface area (Å²) < 4.78 is 5.25. The summed E-state index contributed by atoms with van der Waals surface area (Å²) >= 11 is 0. The molecule has 2 atom stereocenters. The van der Waals surface area contributed by atoms with Crippen molar-refractivity contribution in [1.29, 1.82) is 0 Å². The Bertz CT molecular complexity index is 619. The Balaban J connectivity index is 0.00000169. The number of carbonyl (C=O) groups excluding carboxylic acids is 2. The van der Waals surface area contributed by atoms with Gasteiger partial charge in [0, 0.05) is 13.0 Å². The average molecular weight is 355 g/mol. The molecule has 8 heteroatoms. The number of nitrogens with two attached hydrogens (primary N) is 1. The van der Waals surface area contributed by atoms with Crippen molar-refractivity contribution in [2.24, 2.45) is 17.6 Å². The molecule has 7 nitrogen and oxygen atoms in total. The Kier molecular flexibility index (Phi) is 4.66. The van der Waals surface area contributed by atoms with E-state index in [4.69, 9.17) is 10.3 Å². The van der Waals surface area contributed by atoms with Crippen molar-refractivity contribution in [2.75, 3.05) is 6.54 Å². The molecule has 2 saturated carbocycles. The van der Waals surface area contributed by atoms with E-state index >= 15 is 0 Å². The Morgan fingerprint density at radius 2 is 1.75 bits per heavy atom. The van der Waals surface area contributed by atoms with Gasteiger partial charge in [0.2, 0.25) is 17.7 Å². The van der Waals surface area contributed by atoms with Gasteiger partial charge in [-0.3, -0.25) is 14.5 Å². The smallest absolute Gasteiger partial charge is 0.233 e. The second kappa shape index (κ2) is 6.44. The number of aromatic nitrogens is 2. The molecule has 24 heavy (non-hydrogen) atoms. The minimum atomic E-state index is -0.448. The summed E-state index contributed by atoms with van der Waals surface area (Å²) in [5.41, 5.74) is 5.73. The predicted octanol–water partition coefficient (Wildman–Crippen LogP) is 1.55. The van der Waals surface area contributed by atoms with Crippen LogP contribution in [0, 0.1) is 11.8 Å². The molecule has 1 aliphatic heterocycles. The summed E-state index contributed by atoms with van der Waals surface area (Å²) in [6.45, 7) is 0.323. The van der Waals surface area contributed by atoms with Crippen LogP contribution in [0.2, 0.25) is 0 Å². The quantitative estimate of drug-likeness (QED) is 0.823. The van der Waals surface area contributed by atoms with Gasteiger partial charge in [0.1, 0.15) is 0 Å². The largest absolute Gasteiger partial charge is 0.339 e. The van der Waals surface area contributed by atoms with Crippen LogP contribution < -0.4 is 5.73 Å². The Morgan fingerprint density at radius 1 is 1.12 bits per heavy atom. The van der Waals surface area contributed by atoms with Crippen LogP contribution >= 0.6 is 12.4 Å². The number of rotatable bonds is 4. The van der Waals surface area contributed by atoms with E-state index in [1.54, 1.807) is 0 Å². The highest BCUT2D eigenvalue weighted by atomic mass is 35.5. The summed E-state index contributed by atoms with van der Waals surface area (Å²) in [5, 5.41) is 3.97. The molecule has 2 aliphatic carbocycles. The van der Waals surface area contributed by atoms with Crippen molar-refractivity contribution < 1.29 is 14.1 Å². The normalized spacial score (nSPS) is 28.3. The highest BCUT2D eigenvalue weighted by Gasteiger charge is 2.48. The van der Waals surface area contributed by atoms with Gasteiger partial charge in [-0.15, -0.1) is 12.4 Å². The number of halogens is 1. The van der Waals surface area contributed by atoms with Gasteiger partial charge in [-0.1, -0.05) is 18.0 Å². The van der Waals surface area contributed by atoms with Crippen LogP contribution in [0.3, 0.4) is 0 Å². The number of amides is 2. The Hall–Kier alpha value is -1.47. The third-order valence-corrected chi connectivity index (χ3v) is 5.64. The molecule has 2 N–H and O–H groups in total. The lowest BCUT2D eigenvalue weighted by Gasteiger charge is -2.34. The lowest BCUT2D eigenvalue weighted by Crippen LogP contribution is -2.44. The summed E-state index contributed by atoms with van der Waals surface area (Å²) in [7, 11) is 0. The van der Waals surface area contributed by atoms with Gasteiger partial charge in [0.25, 0.3) is 0 Å². The molecule has 2 unspecified atom stereocenters. The van der Waals surface area contributed by atoms with Crippen LogP contribution in [0.4, 0.5) is 0 Å². The third kappa shape index (κ3) is 2.73. The third-order valence-electron chi connectivity index (χ3n) is 5.64. The van der Waals surface area contributed by atoms with Crippen molar-refractivity contribution >= 4 is 24.2 Å². The molecule has 2 heterocycles. The highest BCUT2D eigenvalue weighted by molar-refractivity contribution is 6.05.